The Balaban J connectivity index is 1.40. The van der Waals surface area contributed by atoms with Crippen molar-refractivity contribution in [2.45, 2.75) is 19.4 Å². The van der Waals surface area contributed by atoms with E-state index >= 15 is 0 Å². The maximum absolute atomic E-state index is 14.0. The number of likely N-dealkylation sites (tertiary alicyclic amines) is 1. The summed E-state index contributed by atoms with van der Waals surface area (Å²) in [5.74, 6) is 1.62. The number of anilines is 2. The summed E-state index contributed by atoms with van der Waals surface area (Å²) < 4.78 is 14.0. The second-order valence-corrected chi connectivity index (χ2v) is 7.70. The van der Waals surface area contributed by atoms with E-state index in [1.807, 2.05) is 6.92 Å². The summed E-state index contributed by atoms with van der Waals surface area (Å²) in [4.78, 5) is 27.2. The van der Waals surface area contributed by atoms with Gasteiger partial charge in [0.2, 0.25) is 0 Å². The fraction of sp³-hybridized carbons (Fsp3) is 0.350. The zero-order valence-corrected chi connectivity index (χ0v) is 16.4. The predicted molar refractivity (Wildman–Crippen MR) is 108 cm³/mol. The molecule has 0 spiro atoms. The molecule has 0 bridgehead atoms. The maximum Gasteiger partial charge on any atom is 0.256 e. The molecule has 5 rings (SSSR count). The Kier molecular flexibility index (Phi) is 4.34. The molecule has 2 aromatic heterocycles. The lowest BCUT2D eigenvalue weighted by atomic mass is 9.82. The van der Waals surface area contributed by atoms with Gasteiger partial charge in [-0.15, -0.1) is 0 Å². The first kappa shape index (κ1) is 18.5. The molecule has 2 saturated heterocycles. The Labute approximate surface area is 172 Å². The normalized spacial score (nSPS) is 20.6. The van der Waals surface area contributed by atoms with Crippen LogP contribution in [0.5, 0.6) is 0 Å². The Morgan fingerprint density at radius 1 is 1.17 bits per heavy atom. The minimum Gasteiger partial charge on any atom is -0.384 e. The van der Waals surface area contributed by atoms with Gasteiger partial charge in [0.25, 0.3) is 5.91 Å². The molecule has 1 aromatic carbocycles. The molecule has 10 heteroatoms. The van der Waals surface area contributed by atoms with Gasteiger partial charge in [-0.05, 0) is 31.5 Å². The van der Waals surface area contributed by atoms with Crippen molar-refractivity contribution in [3.05, 3.63) is 53.9 Å². The number of rotatable bonds is 3. The molecule has 1 amide bonds. The standard InChI is InChI=1S/C20H21FN8O/c1-12-25-18(22)9-19(26-12)28-10-13-4-7-27(11-17(13)28)20(30)15-8-14(21)2-3-16(15)29-23-5-6-24-29/h2-3,5-6,8-9,13,17H,4,7,10-11H2,1H3,(H2,22,25,26). The van der Waals surface area contributed by atoms with Crippen LogP contribution in [0.15, 0.2) is 36.7 Å². The second-order valence-electron chi connectivity index (χ2n) is 7.70. The van der Waals surface area contributed by atoms with E-state index in [0.29, 0.717) is 36.3 Å². The molecular weight excluding hydrogens is 387 g/mol. The van der Waals surface area contributed by atoms with Gasteiger partial charge in [-0.2, -0.15) is 15.0 Å². The Hall–Kier alpha value is -3.56. The van der Waals surface area contributed by atoms with E-state index in [-0.39, 0.29) is 17.5 Å². The number of nitrogens with zero attached hydrogens (tertiary/aromatic N) is 7. The third kappa shape index (κ3) is 3.14. The molecule has 2 aliphatic rings. The number of nitrogen functional groups attached to an aromatic ring is 1. The van der Waals surface area contributed by atoms with Crippen LogP contribution in [0.25, 0.3) is 5.69 Å². The summed E-state index contributed by atoms with van der Waals surface area (Å²) >= 11 is 0. The third-order valence-electron chi connectivity index (χ3n) is 5.80. The smallest absolute Gasteiger partial charge is 0.256 e. The Morgan fingerprint density at radius 3 is 2.73 bits per heavy atom. The lowest BCUT2D eigenvalue weighted by Gasteiger charge is -2.54. The van der Waals surface area contributed by atoms with Gasteiger partial charge in [-0.3, -0.25) is 4.79 Å². The number of hydrogen-bond donors (Lipinski definition) is 1. The summed E-state index contributed by atoms with van der Waals surface area (Å²) in [6.45, 7) is 3.85. The number of aryl methyl sites for hydroxylation is 1. The van der Waals surface area contributed by atoms with Crippen LogP contribution in [0.1, 0.15) is 22.6 Å². The molecule has 2 aliphatic heterocycles. The Morgan fingerprint density at radius 2 is 1.97 bits per heavy atom. The lowest BCUT2D eigenvalue weighted by molar-refractivity contribution is 0.0590. The average Bonchev–Trinajstić information content (AvgIpc) is 3.22. The number of piperidine rings is 1. The average molecular weight is 408 g/mol. The van der Waals surface area contributed by atoms with Crippen molar-refractivity contribution in [2.24, 2.45) is 5.92 Å². The van der Waals surface area contributed by atoms with Gasteiger partial charge < -0.3 is 15.5 Å². The molecule has 4 heterocycles. The molecular formula is C20H21FN8O. The number of carbonyl (C=O) groups excluding carboxylic acids is 1. The maximum atomic E-state index is 14.0. The number of carbonyl (C=O) groups is 1. The number of fused-ring (bicyclic) bond motifs is 1. The van der Waals surface area contributed by atoms with E-state index in [1.165, 1.54) is 35.4 Å². The number of amides is 1. The largest absolute Gasteiger partial charge is 0.384 e. The summed E-state index contributed by atoms with van der Waals surface area (Å²) in [7, 11) is 0. The minimum atomic E-state index is -0.471. The summed E-state index contributed by atoms with van der Waals surface area (Å²) in [6, 6.07) is 5.99. The molecule has 154 valence electrons. The number of halogens is 1. The van der Waals surface area contributed by atoms with Crippen LogP contribution < -0.4 is 10.6 Å². The zero-order chi connectivity index (χ0) is 20.8. The van der Waals surface area contributed by atoms with Gasteiger partial charge in [0.1, 0.15) is 23.3 Å². The SMILES string of the molecule is Cc1nc(N)cc(N2CC3CCN(C(=O)c4cc(F)ccc4-n4nccn4)CC32)n1. The molecule has 0 aliphatic carbocycles. The zero-order valence-electron chi connectivity index (χ0n) is 16.4. The van der Waals surface area contributed by atoms with Gasteiger partial charge in [0.15, 0.2) is 0 Å². The fourth-order valence-electron chi connectivity index (χ4n) is 4.33. The van der Waals surface area contributed by atoms with Crippen LogP contribution in [-0.4, -0.2) is 61.4 Å². The van der Waals surface area contributed by atoms with Crippen molar-refractivity contribution < 1.29 is 9.18 Å². The van der Waals surface area contributed by atoms with Gasteiger partial charge in [-0.25, -0.2) is 14.4 Å². The lowest BCUT2D eigenvalue weighted by Crippen LogP contribution is -2.65. The van der Waals surface area contributed by atoms with E-state index in [4.69, 9.17) is 5.73 Å². The predicted octanol–water partition coefficient (Wildman–Crippen LogP) is 1.44. The van der Waals surface area contributed by atoms with Gasteiger partial charge >= 0.3 is 0 Å². The Bertz CT molecular complexity index is 1080. The summed E-state index contributed by atoms with van der Waals surface area (Å²) in [5.41, 5.74) is 6.59. The molecule has 2 atom stereocenters. The van der Waals surface area contributed by atoms with Crippen LogP contribution in [0.3, 0.4) is 0 Å². The van der Waals surface area contributed by atoms with Gasteiger partial charge in [-0.1, -0.05) is 0 Å². The molecule has 2 unspecified atom stereocenters. The molecule has 2 fully saturated rings. The third-order valence-corrected chi connectivity index (χ3v) is 5.80. The summed E-state index contributed by atoms with van der Waals surface area (Å²) in [5, 5.41) is 8.18. The van der Waals surface area contributed by atoms with Crippen molar-refractivity contribution in [1.29, 1.82) is 0 Å². The first-order valence-electron chi connectivity index (χ1n) is 9.83. The fourth-order valence-corrected chi connectivity index (χ4v) is 4.33. The highest BCUT2D eigenvalue weighted by Crippen LogP contribution is 2.36. The van der Waals surface area contributed by atoms with Gasteiger partial charge in [0.05, 0.1) is 29.7 Å². The molecule has 9 nitrogen and oxygen atoms in total. The van der Waals surface area contributed by atoms with E-state index in [0.717, 1.165) is 18.8 Å². The van der Waals surface area contributed by atoms with Crippen LogP contribution in [0.2, 0.25) is 0 Å². The van der Waals surface area contributed by atoms with E-state index < -0.39 is 5.82 Å². The van der Waals surface area contributed by atoms with Crippen LogP contribution in [0.4, 0.5) is 16.0 Å². The molecule has 3 aromatic rings. The molecule has 0 saturated carbocycles. The number of aromatic nitrogens is 5. The van der Waals surface area contributed by atoms with E-state index in [2.05, 4.69) is 25.1 Å². The van der Waals surface area contributed by atoms with Crippen molar-refractivity contribution in [1.82, 2.24) is 29.9 Å². The van der Waals surface area contributed by atoms with E-state index in [1.54, 1.807) is 11.0 Å². The summed E-state index contributed by atoms with van der Waals surface area (Å²) in [6.07, 6.45) is 3.92. The number of benzene rings is 1. The highest BCUT2D eigenvalue weighted by Gasteiger charge is 2.44. The highest BCUT2D eigenvalue weighted by molar-refractivity contribution is 5.98. The van der Waals surface area contributed by atoms with Crippen LogP contribution in [-0.2, 0) is 0 Å². The molecule has 2 N–H and O–H groups in total. The number of hydrogen-bond acceptors (Lipinski definition) is 7. The van der Waals surface area contributed by atoms with Crippen molar-refractivity contribution >= 4 is 17.5 Å². The van der Waals surface area contributed by atoms with Crippen LogP contribution in [0, 0.1) is 18.7 Å². The first-order valence-corrected chi connectivity index (χ1v) is 9.83. The molecule has 30 heavy (non-hydrogen) atoms. The second kappa shape index (κ2) is 7.05. The van der Waals surface area contributed by atoms with Crippen molar-refractivity contribution in [2.75, 3.05) is 30.3 Å². The van der Waals surface area contributed by atoms with E-state index in [9.17, 15) is 9.18 Å². The monoisotopic (exact) mass is 408 g/mol. The van der Waals surface area contributed by atoms with Crippen molar-refractivity contribution in [3.63, 3.8) is 0 Å². The highest BCUT2D eigenvalue weighted by atomic mass is 19.1. The molecule has 0 radical (unpaired) electrons. The quantitative estimate of drug-likeness (QED) is 0.699. The minimum absolute atomic E-state index is 0.149. The van der Waals surface area contributed by atoms with Gasteiger partial charge in [0, 0.05) is 31.6 Å². The van der Waals surface area contributed by atoms with Crippen molar-refractivity contribution in [3.8, 4) is 5.69 Å². The topological polar surface area (TPSA) is 106 Å². The number of nitrogens with two attached hydrogens (primary N) is 1. The first-order chi connectivity index (χ1) is 14.5. The van der Waals surface area contributed by atoms with Crippen LogP contribution >= 0.6 is 0 Å².